The zero-order valence-electron chi connectivity index (χ0n) is 60.6. The molecule has 8 rings (SSSR count). The SMILES string of the molecule is C.C.C.C.Cc1cn([C@@H]2O[C@H](CCP(C)(C)=O)[C@@H](C)[C@@H]2O)c(=O)[nH]c1=O.Cc1cn([C@@H]2O[C@H](CCP(C)(C)=O)[C@@H](C)[C@H]2F)c(=O)[nH]c1=O.Cc1cn([C@@H]2O[C@H](CCP(C)(C)=O)[C@@H](O)[C@H]2F)c(=O)[nH]c1=O.[C-]#[N+]CCOP(O[C@H]1[C@@H](F)[C@H](n2cc(C)c(=O)[nH]c2=O)O[C@@H]1CCP(C)(C)=O)N(C(C)C)C(C)C. The topological polar surface area (TPSA) is 391 Å². The Kier molecular flexibility index (Phi) is 38.4. The minimum Gasteiger partial charge on any atom is -0.388 e. The lowest BCUT2D eigenvalue weighted by Crippen LogP contribution is -2.39. The van der Waals surface area contributed by atoms with E-state index in [1.165, 1.54) is 43.2 Å². The van der Waals surface area contributed by atoms with Crippen molar-refractivity contribution in [2.75, 3.05) is 91.1 Å². The molecule has 4 aromatic rings. The van der Waals surface area contributed by atoms with Gasteiger partial charge in [-0.15, -0.1) is 0 Å². The van der Waals surface area contributed by atoms with Gasteiger partial charge in [-0.25, -0.2) is 43.6 Å². The minimum absolute atomic E-state index is 0. The molecule has 4 fully saturated rings. The molecule has 4 aliphatic heterocycles. The van der Waals surface area contributed by atoms with E-state index in [0.29, 0.717) is 48.6 Å². The molecule has 0 aromatic carbocycles. The summed E-state index contributed by atoms with van der Waals surface area (Å²) in [7, 11) is -10.9. The van der Waals surface area contributed by atoms with Gasteiger partial charge >= 0.3 is 22.8 Å². The van der Waals surface area contributed by atoms with E-state index in [1.54, 1.807) is 74.1 Å². The molecule has 0 amide bonds. The number of nitrogens with zero attached hydrogens (tertiary/aromatic N) is 6. The molecule has 0 saturated carbocycles. The highest BCUT2D eigenvalue weighted by atomic mass is 31.2. The van der Waals surface area contributed by atoms with Crippen LogP contribution in [0.15, 0.2) is 63.1 Å². The molecular formula is C67H118F3N10O20P5. The number of aliphatic hydroxyl groups is 2. The number of hydrogen-bond acceptors (Lipinski definition) is 21. The summed E-state index contributed by atoms with van der Waals surface area (Å²) < 4.78 is 134. The van der Waals surface area contributed by atoms with Crippen LogP contribution in [0.25, 0.3) is 4.85 Å². The predicted octanol–water partition coefficient (Wildman–Crippen LogP) is 9.24. The third kappa shape index (κ3) is 27.5. The molecule has 30 nitrogen and oxygen atoms in total. The Hall–Kier alpha value is -5.01. The molecule has 4 saturated heterocycles. The van der Waals surface area contributed by atoms with Gasteiger partial charge in [-0.3, -0.25) is 57.4 Å². The number of ether oxygens (including phenoxy) is 4. The van der Waals surface area contributed by atoms with Crippen LogP contribution in [0.2, 0.25) is 0 Å². The number of halogens is 3. The lowest BCUT2D eigenvalue weighted by Gasteiger charge is -2.37. The van der Waals surface area contributed by atoms with Crippen molar-refractivity contribution in [2.45, 2.75) is 223 Å². The van der Waals surface area contributed by atoms with Crippen LogP contribution in [0.4, 0.5) is 13.2 Å². The van der Waals surface area contributed by atoms with Crippen molar-refractivity contribution in [3.8, 4) is 0 Å². The second-order valence-electron chi connectivity index (χ2n) is 28.6. The van der Waals surface area contributed by atoms with Crippen LogP contribution in [0.1, 0.15) is 144 Å². The quantitative estimate of drug-likeness (QED) is 0.0216. The number of rotatable bonds is 24. The number of hydrogen-bond donors (Lipinski definition) is 6. The summed E-state index contributed by atoms with van der Waals surface area (Å²) in [6, 6.07) is 0.0271. The fourth-order valence-corrected chi connectivity index (χ4v) is 16.8. The molecule has 38 heteroatoms. The summed E-state index contributed by atoms with van der Waals surface area (Å²) in [6.45, 7) is 38.2. The van der Waals surface area contributed by atoms with Gasteiger partial charge in [0.15, 0.2) is 43.4 Å². The number of alkyl halides is 3. The number of aromatic nitrogens is 8. The summed E-state index contributed by atoms with van der Waals surface area (Å²) in [5, 5.41) is 20.3. The van der Waals surface area contributed by atoms with Crippen molar-refractivity contribution >= 4 is 37.1 Å². The normalized spacial score (nSPS) is 26.1. The maximum absolute atomic E-state index is 16.0. The summed E-state index contributed by atoms with van der Waals surface area (Å²) in [5.74, 6) is -0.591. The van der Waals surface area contributed by atoms with Gasteiger partial charge in [-0.05, 0) is 134 Å². The summed E-state index contributed by atoms with van der Waals surface area (Å²) in [4.78, 5) is 106. The fourth-order valence-electron chi connectivity index (χ4n) is 11.5. The predicted molar refractivity (Wildman–Crippen MR) is 409 cm³/mol. The molecule has 8 heterocycles. The maximum Gasteiger partial charge on any atom is 0.330 e. The minimum atomic E-state index is -2.43. The van der Waals surface area contributed by atoms with E-state index in [0.717, 1.165) is 13.7 Å². The third-order valence-electron chi connectivity index (χ3n) is 17.3. The molecule has 0 aliphatic carbocycles. The lowest BCUT2D eigenvalue weighted by atomic mass is 9.99. The Balaban J connectivity index is 0.000000706. The van der Waals surface area contributed by atoms with Crippen LogP contribution in [0.3, 0.4) is 0 Å². The van der Waals surface area contributed by atoms with E-state index >= 15 is 4.39 Å². The standard InChI is InChI=1S/C22H37FN4O6P2.C14H22FN2O4P.C14H23N2O5P.C13H20FN2O5P.4CH4/c1-14(2)27(15(3)4)34(31-11-10-24-6)33-19-17(9-12-35(7,8)30)32-21(18(19)23)26-13-16(5)20(28)25-22(26)29;1-8-7-17(14(19)16-12(8)18)13-11(15)9(2)10(21-13)5-6-22(3,4)20;1-8-7-16(14(19)15-12(8)18)13-11(17)9(2)10(21-13)5-6-22(3,4)20;1-7-6-16(13(19)15-11(7)18)12-9(14)10(17)8(21-12)4-5-22(2,3)20;;;;/h13-15,17-19,21H,9-12H2,1-5,7-8H3,(H,25,28,29);7,9-11,13H,5-6H2,1-4H3,(H,16,18,19);7,9-11,13,17H,5-6H2,1-4H3,(H,15,18,19);6,8-10,12,17H,4-5H2,1-3H3,(H,15,18,19);4*1H4/t17-,18-,19-,21-,34?;9-,10-,11-,13-;9-,10-,11+,13-;8-,9-,10-,12-;;;;/m1111..../s1. The maximum atomic E-state index is 16.0. The zero-order valence-corrected chi connectivity index (χ0v) is 65.0. The van der Waals surface area contributed by atoms with Gasteiger partial charge in [0.25, 0.3) is 30.8 Å². The average molecular weight is 1600 g/mol. The van der Waals surface area contributed by atoms with Crippen molar-refractivity contribution in [1.82, 2.24) is 42.9 Å². The van der Waals surface area contributed by atoms with E-state index in [4.69, 9.17) is 34.6 Å². The smallest absolute Gasteiger partial charge is 0.330 e. The lowest BCUT2D eigenvalue weighted by molar-refractivity contribution is -0.0403. The van der Waals surface area contributed by atoms with E-state index in [2.05, 4.69) is 24.8 Å². The largest absolute Gasteiger partial charge is 0.388 e. The first-order valence-electron chi connectivity index (χ1n) is 33.1. The first-order chi connectivity index (χ1) is 46.6. The number of aromatic amines is 4. The molecule has 4 aromatic heterocycles. The van der Waals surface area contributed by atoms with Crippen molar-refractivity contribution in [3.05, 3.63) is 142 Å². The second kappa shape index (κ2) is 41.1. The first-order valence-corrected chi connectivity index (χ1v) is 45.4. The summed E-state index contributed by atoms with van der Waals surface area (Å²) in [6.07, 6.45) is -6.76. The summed E-state index contributed by atoms with van der Waals surface area (Å²) >= 11 is 0. The summed E-state index contributed by atoms with van der Waals surface area (Å²) in [5.41, 5.74) is -3.75. The average Bonchev–Trinajstić information content (AvgIpc) is 1.68. The van der Waals surface area contributed by atoms with Crippen molar-refractivity contribution < 1.29 is 69.6 Å². The van der Waals surface area contributed by atoms with Crippen LogP contribution in [-0.4, -0.2) is 218 Å². The zero-order chi connectivity index (χ0) is 76.5. The highest BCUT2D eigenvalue weighted by Crippen LogP contribution is 2.52. The number of nitrogens with one attached hydrogen (secondary N) is 4. The van der Waals surface area contributed by atoms with Crippen molar-refractivity contribution in [2.24, 2.45) is 11.8 Å². The Bertz CT molecular complexity index is 3930. The number of aryl methyl sites for hydroxylation is 4. The van der Waals surface area contributed by atoms with Crippen molar-refractivity contribution in [3.63, 3.8) is 0 Å². The Morgan fingerprint density at radius 1 is 0.495 bits per heavy atom. The molecule has 0 radical (unpaired) electrons. The highest BCUT2D eigenvalue weighted by molar-refractivity contribution is 7.63. The highest BCUT2D eigenvalue weighted by Gasteiger charge is 2.51. The van der Waals surface area contributed by atoms with Gasteiger partial charge in [-0.2, -0.15) is 0 Å². The van der Waals surface area contributed by atoms with E-state index < -0.39 is 168 Å². The number of H-pyrrole nitrogens is 4. The molecule has 0 bridgehead atoms. The van der Waals surface area contributed by atoms with Crippen LogP contribution >= 0.6 is 37.1 Å². The van der Waals surface area contributed by atoms with Gasteiger partial charge in [0.05, 0.1) is 53.0 Å². The molecule has 0 spiro atoms. The first kappa shape index (κ1) is 98.0. The van der Waals surface area contributed by atoms with Gasteiger partial charge in [0.2, 0.25) is 6.54 Å². The van der Waals surface area contributed by atoms with Gasteiger partial charge in [0, 0.05) is 95.6 Å². The monoisotopic (exact) mass is 1590 g/mol. The molecule has 17 atom stereocenters. The molecule has 1 unspecified atom stereocenters. The number of aliphatic hydroxyl groups excluding tert-OH is 2. The Morgan fingerprint density at radius 2 is 0.790 bits per heavy atom. The van der Waals surface area contributed by atoms with Gasteiger partial charge in [-0.1, -0.05) is 43.6 Å². The van der Waals surface area contributed by atoms with E-state index in [9.17, 15) is 75.6 Å². The molecule has 602 valence electrons. The van der Waals surface area contributed by atoms with Gasteiger partial charge < -0.3 is 61.3 Å². The van der Waals surface area contributed by atoms with Crippen molar-refractivity contribution in [1.29, 1.82) is 0 Å². The van der Waals surface area contributed by atoms with Crippen LogP contribution in [0, 0.1) is 46.1 Å². The molecule has 6 N–H and O–H groups in total. The van der Waals surface area contributed by atoms with E-state index in [1.807, 2.05) is 39.3 Å². The fraction of sp³-hybridized carbons (Fsp3) is 0.746. The Labute approximate surface area is 614 Å². The van der Waals surface area contributed by atoms with E-state index in [-0.39, 0.29) is 90.9 Å². The Morgan fingerprint density at radius 3 is 1.14 bits per heavy atom. The van der Waals surface area contributed by atoms with Crippen LogP contribution in [0.5, 0.6) is 0 Å². The molecular weight excluding hydrogens is 1480 g/mol. The van der Waals surface area contributed by atoms with Gasteiger partial charge in [0.1, 0.15) is 24.9 Å². The molecule has 105 heavy (non-hydrogen) atoms. The third-order valence-corrected chi connectivity index (χ3v) is 24.8. The van der Waals surface area contributed by atoms with Crippen LogP contribution in [-0.2, 0) is 46.3 Å². The molecule has 4 aliphatic rings. The van der Waals surface area contributed by atoms with Crippen LogP contribution < -0.4 is 45.0 Å². The second-order valence-corrected chi connectivity index (χ2v) is 44.4.